The van der Waals surface area contributed by atoms with Crippen molar-refractivity contribution in [3.05, 3.63) is 52.5 Å². The first-order valence-corrected chi connectivity index (χ1v) is 9.96. The summed E-state index contributed by atoms with van der Waals surface area (Å²) < 4.78 is 20.7. The van der Waals surface area contributed by atoms with Crippen LogP contribution in [0.4, 0.5) is 4.39 Å². The van der Waals surface area contributed by atoms with E-state index in [-0.39, 0.29) is 23.2 Å². The lowest BCUT2D eigenvalue weighted by atomic mass is 9.89. The van der Waals surface area contributed by atoms with Crippen molar-refractivity contribution in [2.24, 2.45) is 5.92 Å². The van der Waals surface area contributed by atoms with Crippen LogP contribution in [0.3, 0.4) is 0 Å². The normalized spacial score (nSPS) is 17.1. The van der Waals surface area contributed by atoms with E-state index in [1.165, 1.54) is 36.6 Å². The van der Waals surface area contributed by atoms with Gasteiger partial charge in [-0.15, -0.1) is 11.3 Å². The zero-order valence-corrected chi connectivity index (χ0v) is 16.5. The SMILES string of the molecule is COc1ccc(F)cc1C(=O)[C@@H]1CCCN(C(=O)c2csc3nc(C)cn23)C1. The molecule has 3 heterocycles. The number of methoxy groups -OCH3 is 1. The number of imidazole rings is 1. The van der Waals surface area contributed by atoms with E-state index in [0.717, 1.165) is 17.1 Å². The third kappa shape index (κ3) is 3.28. The van der Waals surface area contributed by atoms with Crippen LogP contribution in [0.5, 0.6) is 5.75 Å². The van der Waals surface area contributed by atoms with Crippen LogP contribution in [-0.4, -0.2) is 46.2 Å². The van der Waals surface area contributed by atoms with Gasteiger partial charge in [-0.2, -0.15) is 0 Å². The quantitative estimate of drug-likeness (QED) is 0.627. The van der Waals surface area contributed by atoms with Crippen LogP contribution in [0.1, 0.15) is 39.4 Å². The molecule has 1 atom stereocenters. The number of aromatic nitrogens is 2. The third-order valence-corrected chi connectivity index (χ3v) is 5.89. The van der Waals surface area contributed by atoms with Gasteiger partial charge in [0.2, 0.25) is 0 Å². The Morgan fingerprint density at radius 3 is 2.96 bits per heavy atom. The number of ether oxygens (including phenoxy) is 1. The van der Waals surface area contributed by atoms with Crippen LogP contribution < -0.4 is 4.74 Å². The molecule has 0 saturated carbocycles. The maximum absolute atomic E-state index is 13.7. The van der Waals surface area contributed by atoms with E-state index in [1.54, 1.807) is 14.7 Å². The molecule has 1 aliphatic heterocycles. The Kier molecular flexibility index (Phi) is 4.89. The molecule has 1 fully saturated rings. The second kappa shape index (κ2) is 7.35. The predicted octanol–water partition coefficient (Wildman–Crippen LogP) is 3.59. The molecular formula is C20H20FN3O3S. The summed E-state index contributed by atoms with van der Waals surface area (Å²) in [5, 5.41) is 1.80. The number of likely N-dealkylation sites (tertiary alicyclic amines) is 1. The van der Waals surface area contributed by atoms with Crippen molar-refractivity contribution < 1.29 is 18.7 Å². The van der Waals surface area contributed by atoms with Gasteiger partial charge in [-0.1, -0.05) is 0 Å². The summed E-state index contributed by atoms with van der Waals surface area (Å²) in [7, 11) is 1.45. The highest BCUT2D eigenvalue weighted by atomic mass is 32.1. The number of piperidine rings is 1. The molecule has 1 aliphatic rings. The second-order valence-corrected chi connectivity index (χ2v) is 7.79. The molecule has 0 unspecified atom stereocenters. The van der Waals surface area contributed by atoms with Gasteiger partial charge < -0.3 is 9.64 Å². The van der Waals surface area contributed by atoms with Gasteiger partial charge in [0.15, 0.2) is 10.7 Å². The standard InChI is InChI=1S/C20H20FN3O3S/c1-12-9-24-16(11-28-20(24)22-12)19(26)23-7-3-4-13(10-23)18(25)15-8-14(21)5-6-17(15)27-2/h5-6,8-9,11,13H,3-4,7,10H2,1-2H3/t13-/m1/s1. The highest BCUT2D eigenvalue weighted by Crippen LogP contribution is 2.28. The van der Waals surface area contributed by atoms with Gasteiger partial charge >= 0.3 is 0 Å². The molecule has 146 valence electrons. The monoisotopic (exact) mass is 401 g/mol. The van der Waals surface area contributed by atoms with Crippen LogP contribution in [0.2, 0.25) is 0 Å². The summed E-state index contributed by atoms with van der Waals surface area (Å²) in [6, 6.07) is 3.93. The highest BCUT2D eigenvalue weighted by molar-refractivity contribution is 7.15. The number of ketones is 1. The number of carbonyl (C=O) groups excluding carboxylic acids is 2. The molecule has 1 saturated heterocycles. The van der Waals surface area contributed by atoms with E-state index < -0.39 is 5.82 Å². The van der Waals surface area contributed by atoms with Gasteiger partial charge in [-0.25, -0.2) is 9.37 Å². The van der Waals surface area contributed by atoms with Crippen LogP contribution in [-0.2, 0) is 0 Å². The molecular weight excluding hydrogens is 381 g/mol. The number of nitrogens with zero attached hydrogens (tertiary/aromatic N) is 3. The Morgan fingerprint density at radius 1 is 1.36 bits per heavy atom. The lowest BCUT2D eigenvalue weighted by Gasteiger charge is -2.32. The number of carbonyl (C=O) groups is 2. The minimum absolute atomic E-state index is 0.118. The summed E-state index contributed by atoms with van der Waals surface area (Å²) in [6.07, 6.45) is 3.21. The van der Waals surface area contributed by atoms with Crippen molar-refractivity contribution in [2.75, 3.05) is 20.2 Å². The number of Topliss-reactive ketones (excluding diaryl/α,β-unsaturated/α-hetero) is 1. The average Bonchev–Trinajstić information content (AvgIpc) is 3.25. The molecule has 3 aromatic rings. The highest BCUT2D eigenvalue weighted by Gasteiger charge is 2.32. The first-order chi connectivity index (χ1) is 13.5. The van der Waals surface area contributed by atoms with E-state index in [4.69, 9.17) is 4.74 Å². The number of hydrogen-bond acceptors (Lipinski definition) is 5. The maximum atomic E-state index is 13.7. The lowest BCUT2D eigenvalue weighted by molar-refractivity contribution is 0.0630. The Morgan fingerprint density at radius 2 is 2.18 bits per heavy atom. The summed E-state index contributed by atoms with van der Waals surface area (Å²) in [6.45, 7) is 2.78. The summed E-state index contributed by atoms with van der Waals surface area (Å²) in [4.78, 5) is 32.9. The van der Waals surface area contributed by atoms with E-state index in [2.05, 4.69) is 4.98 Å². The van der Waals surface area contributed by atoms with Crippen LogP contribution >= 0.6 is 11.3 Å². The third-order valence-electron chi connectivity index (χ3n) is 5.06. The summed E-state index contributed by atoms with van der Waals surface area (Å²) >= 11 is 1.42. The molecule has 1 amide bonds. The maximum Gasteiger partial charge on any atom is 0.271 e. The molecule has 0 bridgehead atoms. The molecule has 6 nitrogen and oxygen atoms in total. The molecule has 1 aromatic carbocycles. The lowest BCUT2D eigenvalue weighted by Crippen LogP contribution is -2.42. The van der Waals surface area contributed by atoms with E-state index in [0.29, 0.717) is 31.0 Å². The number of amides is 1. The Bertz CT molecular complexity index is 1060. The number of hydrogen-bond donors (Lipinski definition) is 0. The molecule has 0 radical (unpaired) electrons. The van der Waals surface area contributed by atoms with E-state index in [9.17, 15) is 14.0 Å². The summed E-state index contributed by atoms with van der Waals surface area (Å²) in [5.74, 6) is -0.825. The van der Waals surface area contributed by atoms with Crippen LogP contribution in [0.15, 0.2) is 29.8 Å². The zero-order valence-electron chi connectivity index (χ0n) is 15.6. The van der Waals surface area contributed by atoms with E-state index in [1.807, 2.05) is 13.1 Å². The van der Waals surface area contributed by atoms with Gasteiger partial charge in [-0.05, 0) is 38.0 Å². The van der Waals surface area contributed by atoms with Gasteiger partial charge in [0, 0.05) is 30.6 Å². The van der Waals surface area contributed by atoms with Gasteiger partial charge in [0.05, 0.1) is 18.4 Å². The molecule has 2 aromatic heterocycles. The molecule has 4 rings (SSSR count). The largest absolute Gasteiger partial charge is 0.496 e. The van der Waals surface area contributed by atoms with Crippen molar-refractivity contribution in [2.45, 2.75) is 19.8 Å². The smallest absolute Gasteiger partial charge is 0.271 e. The van der Waals surface area contributed by atoms with Crippen LogP contribution in [0, 0.1) is 18.7 Å². The second-order valence-electron chi connectivity index (χ2n) is 6.95. The van der Waals surface area contributed by atoms with Crippen molar-refractivity contribution in [1.29, 1.82) is 0 Å². The van der Waals surface area contributed by atoms with E-state index >= 15 is 0 Å². The van der Waals surface area contributed by atoms with Gasteiger partial charge in [0.25, 0.3) is 5.91 Å². The minimum atomic E-state index is -0.482. The molecule has 28 heavy (non-hydrogen) atoms. The molecule has 0 aliphatic carbocycles. The number of thiazole rings is 1. The molecule has 0 spiro atoms. The minimum Gasteiger partial charge on any atom is -0.496 e. The van der Waals surface area contributed by atoms with Crippen molar-refractivity contribution in [1.82, 2.24) is 14.3 Å². The average molecular weight is 401 g/mol. The fourth-order valence-electron chi connectivity index (χ4n) is 3.68. The fraction of sp³-hybridized carbons (Fsp3) is 0.350. The number of benzene rings is 1. The van der Waals surface area contributed by atoms with Crippen molar-refractivity contribution in [3.63, 3.8) is 0 Å². The number of halogens is 1. The Labute approximate surface area is 165 Å². The van der Waals surface area contributed by atoms with Crippen molar-refractivity contribution in [3.8, 4) is 5.75 Å². The summed E-state index contributed by atoms with van der Waals surface area (Å²) in [5.41, 5.74) is 1.63. The Balaban J connectivity index is 1.57. The number of aryl methyl sites for hydroxylation is 1. The van der Waals surface area contributed by atoms with Crippen molar-refractivity contribution >= 4 is 28.0 Å². The van der Waals surface area contributed by atoms with Gasteiger partial charge in [-0.3, -0.25) is 14.0 Å². The fourth-order valence-corrected chi connectivity index (χ4v) is 4.57. The number of rotatable bonds is 4. The number of fused-ring (bicyclic) bond motifs is 1. The topological polar surface area (TPSA) is 63.9 Å². The van der Waals surface area contributed by atoms with Crippen LogP contribution in [0.25, 0.3) is 4.96 Å². The Hall–Kier alpha value is -2.74. The predicted molar refractivity (Wildman–Crippen MR) is 104 cm³/mol. The van der Waals surface area contributed by atoms with Gasteiger partial charge in [0.1, 0.15) is 17.3 Å². The zero-order chi connectivity index (χ0) is 19.8. The first kappa shape index (κ1) is 18.6. The molecule has 0 N–H and O–H groups in total. The first-order valence-electron chi connectivity index (χ1n) is 9.08. The molecule has 8 heteroatoms.